The maximum Gasteiger partial charge on any atom is 0.286 e. The molecule has 1 amide bonds. The van der Waals surface area contributed by atoms with Crippen molar-refractivity contribution in [2.45, 2.75) is 70.1 Å². The van der Waals surface area contributed by atoms with Crippen molar-refractivity contribution in [3.05, 3.63) is 47.7 Å². The fourth-order valence-electron chi connectivity index (χ4n) is 4.32. The predicted octanol–water partition coefficient (Wildman–Crippen LogP) is 3.88. The molecule has 0 spiro atoms. The smallest absolute Gasteiger partial charge is 0.286 e. The average Bonchev–Trinajstić information content (AvgIpc) is 2.74. The van der Waals surface area contributed by atoms with Crippen LogP contribution in [0.1, 0.15) is 63.4 Å². The van der Waals surface area contributed by atoms with E-state index in [0.717, 1.165) is 24.8 Å². The van der Waals surface area contributed by atoms with Crippen LogP contribution < -0.4 is 5.32 Å². The Balaban J connectivity index is 1.83. The van der Waals surface area contributed by atoms with Gasteiger partial charge in [-0.1, -0.05) is 49.6 Å². The molecule has 0 aromatic heterocycles. The number of aliphatic hydroxyl groups is 1. The van der Waals surface area contributed by atoms with Gasteiger partial charge < -0.3 is 19.9 Å². The molecule has 1 heterocycles. The lowest BCUT2D eigenvalue weighted by Gasteiger charge is -2.37. The van der Waals surface area contributed by atoms with Crippen LogP contribution in [0.5, 0.6) is 0 Å². The Morgan fingerprint density at radius 2 is 1.96 bits per heavy atom. The van der Waals surface area contributed by atoms with E-state index in [-0.39, 0.29) is 30.4 Å². The standard InChI is InChI=1S/C23H33NO4/c1-2-27-23-19(14-9-15-25)20(17-10-5-3-6-11-17)16-21(28-23)22(26)24-18-12-7-4-8-13-18/h3,5-6,10-11,16,18-20,23,25H,2,4,7-9,12-15H2,1H3,(H,24,26)/t19-,20-,23-/m0/s1. The molecule has 0 unspecified atom stereocenters. The first kappa shape index (κ1) is 20.9. The molecule has 2 N–H and O–H groups in total. The third kappa shape index (κ3) is 5.36. The Kier molecular flexibility index (Phi) is 7.92. The molecule has 0 saturated heterocycles. The fraction of sp³-hybridized carbons (Fsp3) is 0.609. The highest BCUT2D eigenvalue weighted by Gasteiger charge is 2.38. The van der Waals surface area contributed by atoms with E-state index in [1.54, 1.807) is 0 Å². The van der Waals surface area contributed by atoms with Crippen molar-refractivity contribution in [2.24, 2.45) is 5.92 Å². The Bertz CT molecular complexity index is 639. The third-order valence-corrected chi connectivity index (χ3v) is 5.76. The number of ether oxygens (including phenoxy) is 2. The number of hydrogen-bond donors (Lipinski definition) is 2. The molecule has 0 bridgehead atoms. The molecule has 1 aromatic rings. The van der Waals surface area contributed by atoms with Gasteiger partial charge in [-0.25, -0.2) is 0 Å². The number of aliphatic hydroxyl groups excluding tert-OH is 1. The molecule has 1 saturated carbocycles. The maximum atomic E-state index is 12.9. The molecule has 154 valence electrons. The normalized spacial score (nSPS) is 25.6. The molecule has 3 atom stereocenters. The van der Waals surface area contributed by atoms with Crippen LogP contribution >= 0.6 is 0 Å². The maximum absolute atomic E-state index is 12.9. The van der Waals surface area contributed by atoms with E-state index in [0.29, 0.717) is 18.8 Å². The van der Waals surface area contributed by atoms with Crippen LogP contribution in [0.4, 0.5) is 0 Å². The Morgan fingerprint density at radius 3 is 2.64 bits per heavy atom. The Morgan fingerprint density at radius 1 is 1.21 bits per heavy atom. The minimum Gasteiger partial charge on any atom is -0.459 e. The van der Waals surface area contributed by atoms with Gasteiger partial charge in [0.15, 0.2) is 5.76 Å². The monoisotopic (exact) mass is 387 g/mol. The summed E-state index contributed by atoms with van der Waals surface area (Å²) in [7, 11) is 0. The Hall–Kier alpha value is -1.85. The number of allylic oxidation sites excluding steroid dienone is 1. The molecule has 0 radical (unpaired) electrons. The zero-order valence-electron chi connectivity index (χ0n) is 16.8. The first-order valence-electron chi connectivity index (χ1n) is 10.7. The molecular formula is C23H33NO4. The minimum absolute atomic E-state index is 0.0187. The van der Waals surface area contributed by atoms with Gasteiger partial charge in [-0.2, -0.15) is 0 Å². The lowest BCUT2D eigenvalue weighted by Crippen LogP contribution is -2.42. The molecular weight excluding hydrogens is 354 g/mol. The van der Waals surface area contributed by atoms with Crippen LogP contribution in [0.2, 0.25) is 0 Å². The number of hydrogen-bond acceptors (Lipinski definition) is 4. The van der Waals surface area contributed by atoms with Gasteiger partial charge in [0.2, 0.25) is 6.29 Å². The summed E-state index contributed by atoms with van der Waals surface area (Å²) >= 11 is 0. The summed E-state index contributed by atoms with van der Waals surface area (Å²) in [6.07, 6.45) is 8.58. The van der Waals surface area contributed by atoms with Crippen LogP contribution in [-0.4, -0.2) is 36.6 Å². The van der Waals surface area contributed by atoms with Crippen molar-refractivity contribution in [1.82, 2.24) is 5.32 Å². The minimum atomic E-state index is -0.487. The molecule has 1 aromatic carbocycles. The second-order valence-corrected chi connectivity index (χ2v) is 7.75. The van der Waals surface area contributed by atoms with Gasteiger partial charge in [0.25, 0.3) is 5.91 Å². The Labute approximate surface area is 168 Å². The van der Waals surface area contributed by atoms with Gasteiger partial charge in [-0.3, -0.25) is 4.79 Å². The number of carbonyl (C=O) groups excluding carboxylic acids is 1. The first-order valence-corrected chi connectivity index (χ1v) is 10.7. The highest BCUT2D eigenvalue weighted by atomic mass is 16.7. The molecule has 1 aliphatic carbocycles. The lowest BCUT2D eigenvalue weighted by molar-refractivity contribution is -0.166. The van der Waals surface area contributed by atoms with E-state index >= 15 is 0 Å². The SMILES string of the molecule is CCO[C@H]1OC(C(=O)NC2CCCCC2)=C[C@@H](c2ccccc2)[C@@H]1CCCO. The van der Waals surface area contributed by atoms with Crippen molar-refractivity contribution < 1.29 is 19.4 Å². The van der Waals surface area contributed by atoms with Gasteiger partial charge in [0.05, 0.1) is 0 Å². The summed E-state index contributed by atoms with van der Waals surface area (Å²) in [6.45, 7) is 2.58. The van der Waals surface area contributed by atoms with Crippen molar-refractivity contribution in [2.75, 3.05) is 13.2 Å². The highest BCUT2D eigenvalue weighted by molar-refractivity contribution is 5.92. The van der Waals surface area contributed by atoms with Gasteiger partial charge in [-0.05, 0) is 44.2 Å². The summed E-state index contributed by atoms with van der Waals surface area (Å²) < 4.78 is 11.9. The molecule has 2 aliphatic rings. The number of nitrogens with one attached hydrogen (secondary N) is 1. The molecule has 1 aliphatic heterocycles. The van der Waals surface area contributed by atoms with Crippen LogP contribution in [-0.2, 0) is 14.3 Å². The molecule has 5 nitrogen and oxygen atoms in total. The number of rotatable bonds is 8. The lowest BCUT2D eigenvalue weighted by atomic mass is 9.80. The zero-order valence-corrected chi connectivity index (χ0v) is 16.8. The van der Waals surface area contributed by atoms with E-state index in [1.807, 2.05) is 31.2 Å². The highest BCUT2D eigenvalue weighted by Crippen LogP contribution is 2.39. The summed E-state index contributed by atoms with van der Waals surface area (Å²) in [5.74, 6) is 0.294. The largest absolute Gasteiger partial charge is 0.459 e. The van der Waals surface area contributed by atoms with E-state index in [2.05, 4.69) is 17.4 Å². The summed E-state index contributed by atoms with van der Waals surface area (Å²) in [5, 5.41) is 12.5. The van der Waals surface area contributed by atoms with Crippen LogP contribution in [0.3, 0.4) is 0 Å². The van der Waals surface area contributed by atoms with Gasteiger partial charge >= 0.3 is 0 Å². The van der Waals surface area contributed by atoms with Crippen molar-refractivity contribution in [1.29, 1.82) is 0 Å². The topological polar surface area (TPSA) is 67.8 Å². The summed E-state index contributed by atoms with van der Waals surface area (Å²) in [5.41, 5.74) is 1.14. The number of benzene rings is 1. The molecule has 28 heavy (non-hydrogen) atoms. The quantitative estimate of drug-likeness (QED) is 0.710. The van der Waals surface area contributed by atoms with Crippen LogP contribution in [0.15, 0.2) is 42.2 Å². The summed E-state index contributed by atoms with van der Waals surface area (Å²) in [6, 6.07) is 10.4. The second kappa shape index (κ2) is 10.6. The van der Waals surface area contributed by atoms with Gasteiger partial charge in [0, 0.05) is 31.1 Å². The number of carbonyl (C=O) groups is 1. The molecule has 5 heteroatoms. The van der Waals surface area contributed by atoms with Gasteiger partial charge in [-0.15, -0.1) is 0 Å². The van der Waals surface area contributed by atoms with E-state index in [9.17, 15) is 9.90 Å². The van der Waals surface area contributed by atoms with Crippen molar-refractivity contribution in [3.8, 4) is 0 Å². The van der Waals surface area contributed by atoms with Gasteiger partial charge in [0.1, 0.15) is 0 Å². The summed E-state index contributed by atoms with van der Waals surface area (Å²) in [4.78, 5) is 12.9. The van der Waals surface area contributed by atoms with Crippen molar-refractivity contribution in [3.63, 3.8) is 0 Å². The first-order chi connectivity index (χ1) is 13.7. The number of amides is 1. The van der Waals surface area contributed by atoms with E-state index < -0.39 is 6.29 Å². The van der Waals surface area contributed by atoms with Crippen molar-refractivity contribution >= 4 is 5.91 Å². The van der Waals surface area contributed by atoms with E-state index in [4.69, 9.17) is 9.47 Å². The molecule has 3 rings (SSSR count). The predicted molar refractivity (Wildman–Crippen MR) is 109 cm³/mol. The van der Waals surface area contributed by atoms with Crippen LogP contribution in [0, 0.1) is 5.92 Å². The average molecular weight is 388 g/mol. The van der Waals surface area contributed by atoms with Crippen LogP contribution in [0.25, 0.3) is 0 Å². The fourth-order valence-corrected chi connectivity index (χ4v) is 4.32. The van der Waals surface area contributed by atoms with E-state index in [1.165, 1.54) is 19.3 Å². The third-order valence-electron chi connectivity index (χ3n) is 5.76. The second-order valence-electron chi connectivity index (χ2n) is 7.75. The zero-order chi connectivity index (χ0) is 19.8. The molecule has 1 fully saturated rings.